The second-order valence-corrected chi connectivity index (χ2v) is 6.23. The fourth-order valence-electron chi connectivity index (χ4n) is 2.98. The summed E-state index contributed by atoms with van der Waals surface area (Å²) in [5.41, 5.74) is 11.8. The van der Waals surface area contributed by atoms with Crippen molar-refractivity contribution in [3.8, 4) is 0 Å². The zero-order valence-corrected chi connectivity index (χ0v) is 14.2. The van der Waals surface area contributed by atoms with Gasteiger partial charge in [0.2, 0.25) is 0 Å². The molecule has 0 unspecified atom stereocenters. The molecule has 0 spiro atoms. The summed E-state index contributed by atoms with van der Waals surface area (Å²) in [5, 5.41) is 4.68. The number of benzene rings is 1. The first-order chi connectivity index (χ1) is 10.1. The van der Waals surface area contributed by atoms with E-state index in [2.05, 4.69) is 56.6 Å². The van der Waals surface area contributed by atoms with Gasteiger partial charge in [-0.25, -0.2) is 0 Å². The third-order valence-electron chi connectivity index (χ3n) is 4.14. The monoisotopic (exact) mass is 348 g/mol. The molecule has 2 aromatic rings. The maximum absolute atomic E-state index is 5.94. The quantitative estimate of drug-likeness (QED) is 0.861. The topological polar surface area (TPSA) is 47.1 Å². The lowest BCUT2D eigenvalue weighted by Crippen LogP contribution is -2.22. The van der Waals surface area contributed by atoms with Gasteiger partial charge in [0, 0.05) is 24.5 Å². The van der Waals surface area contributed by atoms with Gasteiger partial charge in [-0.15, -0.1) is 0 Å². The maximum Gasteiger partial charge on any atom is 0.0767 e. The van der Waals surface area contributed by atoms with Crippen LogP contribution >= 0.6 is 15.9 Å². The molecule has 3 rings (SSSR count). The standard InChI is InChI=1S/C16H21BrN4/c1-3-13-16(17)15(21(4-2)19-13)10-20-8-7-11-5-6-12(18)9-14(11)20/h5-6,9H,3-4,7-8,10,18H2,1-2H3. The summed E-state index contributed by atoms with van der Waals surface area (Å²) in [6, 6.07) is 6.22. The molecule has 0 saturated carbocycles. The molecule has 5 heteroatoms. The second kappa shape index (κ2) is 5.72. The van der Waals surface area contributed by atoms with Crippen LogP contribution in [0.3, 0.4) is 0 Å². The van der Waals surface area contributed by atoms with Gasteiger partial charge in [-0.3, -0.25) is 4.68 Å². The first kappa shape index (κ1) is 14.4. The molecular formula is C16H21BrN4. The largest absolute Gasteiger partial charge is 0.399 e. The lowest BCUT2D eigenvalue weighted by Gasteiger charge is -2.20. The lowest BCUT2D eigenvalue weighted by atomic mass is 10.1. The number of rotatable bonds is 4. The Balaban J connectivity index is 1.93. The minimum Gasteiger partial charge on any atom is -0.399 e. The van der Waals surface area contributed by atoms with Crippen LogP contribution < -0.4 is 10.6 Å². The minimum absolute atomic E-state index is 0.831. The van der Waals surface area contributed by atoms with E-state index >= 15 is 0 Å². The number of nitrogen functional groups attached to an aromatic ring is 1. The molecule has 0 aliphatic carbocycles. The van der Waals surface area contributed by atoms with Crippen molar-refractivity contribution in [3.63, 3.8) is 0 Å². The summed E-state index contributed by atoms with van der Waals surface area (Å²) in [6.07, 6.45) is 2.04. The number of halogens is 1. The Morgan fingerprint density at radius 3 is 2.86 bits per heavy atom. The molecule has 0 fully saturated rings. The SMILES string of the molecule is CCc1nn(CC)c(CN2CCc3ccc(N)cc32)c1Br. The Labute approximate surface area is 134 Å². The third kappa shape index (κ3) is 2.55. The van der Waals surface area contributed by atoms with E-state index in [0.717, 1.165) is 48.3 Å². The molecule has 2 N–H and O–H groups in total. The molecule has 112 valence electrons. The molecule has 4 nitrogen and oxygen atoms in total. The second-order valence-electron chi connectivity index (χ2n) is 5.44. The molecule has 0 saturated heterocycles. The van der Waals surface area contributed by atoms with Crippen LogP contribution in [-0.2, 0) is 25.9 Å². The van der Waals surface area contributed by atoms with E-state index in [-0.39, 0.29) is 0 Å². The number of aryl methyl sites for hydroxylation is 2. The number of nitrogens with two attached hydrogens (primary N) is 1. The predicted octanol–water partition coefficient (Wildman–Crippen LogP) is 3.37. The van der Waals surface area contributed by atoms with E-state index in [4.69, 9.17) is 5.73 Å². The summed E-state index contributed by atoms with van der Waals surface area (Å²) >= 11 is 3.73. The van der Waals surface area contributed by atoms with Crippen molar-refractivity contribution >= 4 is 27.3 Å². The molecular weight excluding hydrogens is 328 g/mol. The van der Waals surface area contributed by atoms with Crippen molar-refractivity contribution in [2.24, 2.45) is 0 Å². The zero-order valence-electron chi connectivity index (χ0n) is 12.6. The van der Waals surface area contributed by atoms with Crippen LogP contribution in [0, 0.1) is 0 Å². The smallest absolute Gasteiger partial charge is 0.0767 e. The van der Waals surface area contributed by atoms with Gasteiger partial charge in [0.25, 0.3) is 0 Å². The van der Waals surface area contributed by atoms with Crippen molar-refractivity contribution in [1.29, 1.82) is 0 Å². The summed E-state index contributed by atoms with van der Waals surface area (Å²) in [7, 11) is 0. The van der Waals surface area contributed by atoms with Crippen molar-refractivity contribution < 1.29 is 0 Å². The summed E-state index contributed by atoms with van der Waals surface area (Å²) in [5.74, 6) is 0. The average molecular weight is 349 g/mol. The zero-order chi connectivity index (χ0) is 15.0. The van der Waals surface area contributed by atoms with Gasteiger partial charge in [0.1, 0.15) is 0 Å². The van der Waals surface area contributed by atoms with Gasteiger partial charge in [-0.2, -0.15) is 5.10 Å². The fraction of sp³-hybridized carbons (Fsp3) is 0.438. The van der Waals surface area contributed by atoms with Gasteiger partial charge < -0.3 is 10.6 Å². The molecule has 0 bridgehead atoms. The number of hydrogen-bond donors (Lipinski definition) is 1. The van der Waals surface area contributed by atoms with E-state index in [9.17, 15) is 0 Å². The highest BCUT2D eigenvalue weighted by Gasteiger charge is 2.23. The number of fused-ring (bicyclic) bond motifs is 1. The third-order valence-corrected chi connectivity index (χ3v) is 5.05. The van der Waals surface area contributed by atoms with E-state index in [1.54, 1.807) is 0 Å². The Hall–Kier alpha value is -1.49. The molecule has 0 radical (unpaired) electrons. The van der Waals surface area contributed by atoms with Crippen molar-refractivity contribution in [2.75, 3.05) is 17.2 Å². The fourth-order valence-corrected chi connectivity index (χ4v) is 3.67. The normalized spacial score (nSPS) is 13.8. The van der Waals surface area contributed by atoms with Crippen molar-refractivity contribution in [2.45, 2.75) is 39.8 Å². The van der Waals surface area contributed by atoms with Crippen LogP contribution in [0.4, 0.5) is 11.4 Å². The molecule has 1 aliphatic rings. The van der Waals surface area contributed by atoms with Crippen molar-refractivity contribution in [1.82, 2.24) is 9.78 Å². The lowest BCUT2D eigenvalue weighted by molar-refractivity contribution is 0.605. The van der Waals surface area contributed by atoms with Gasteiger partial charge in [-0.05, 0) is 53.4 Å². The number of nitrogens with zero attached hydrogens (tertiary/aromatic N) is 3. The number of hydrogen-bond acceptors (Lipinski definition) is 3. The van der Waals surface area contributed by atoms with Gasteiger partial charge in [0.05, 0.1) is 22.4 Å². The van der Waals surface area contributed by atoms with Crippen LogP contribution in [-0.4, -0.2) is 16.3 Å². The highest BCUT2D eigenvalue weighted by Crippen LogP contribution is 2.33. The molecule has 1 aromatic heterocycles. The van der Waals surface area contributed by atoms with E-state index in [1.165, 1.54) is 16.9 Å². The van der Waals surface area contributed by atoms with Crippen LogP contribution in [0.25, 0.3) is 0 Å². The highest BCUT2D eigenvalue weighted by atomic mass is 79.9. The Morgan fingerprint density at radius 1 is 1.33 bits per heavy atom. The predicted molar refractivity (Wildman–Crippen MR) is 90.6 cm³/mol. The van der Waals surface area contributed by atoms with Crippen LogP contribution in [0.15, 0.2) is 22.7 Å². The molecule has 0 amide bonds. The Morgan fingerprint density at radius 2 is 2.14 bits per heavy atom. The number of anilines is 2. The van der Waals surface area contributed by atoms with Crippen LogP contribution in [0.5, 0.6) is 0 Å². The van der Waals surface area contributed by atoms with E-state index < -0.39 is 0 Å². The van der Waals surface area contributed by atoms with Crippen molar-refractivity contribution in [3.05, 3.63) is 39.6 Å². The van der Waals surface area contributed by atoms with E-state index in [0.29, 0.717) is 0 Å². The van der Waals surface area contributed by atoms with Gasteiger partial charge >= 0.3 is 0 Å². The van der Waals surface area contributed by atoms with Gasteiger partial charge in [-0.1, -0.05) is 13.0 Å². The first-order valence-electron chi connectivity index (χ1n) is 7.51. The summed E-state index contributed by atoms with van der Waals surface area (Å²) in [6.45, 7) is 7.09. The summed E-state index contributed by atoms with van der Waals surface area (Å²) in [4.78, 5) is 2.40. The average Bonchev–Trinajstić information content (AvgIpc) is 3.01. The molecule has 1 aliphatic heterocycles. The summed E-state index contributed by atoms with van der Waals surface area (Å²) < 4.78 is 3.26. The van der Waals surface area contributed by atoms with Crippen LogP contribution in [0.2, 0.25) is 0 Å². The molecule has 1 aromatic carbocycles. The van der Waals surface area contributed by atoms with E-state index in [1.807, 2.05) is 6.07 Å². The van der Waals surface area contributed by atoms with Gasteiger partial charge in [0.15, 0.2) is 0 Å². The first-order valence-corrected chi connectivity index (χ1v) is 8.30. The number of aromatic nitrogens is 2. The Bertz CT molecular complexity index is 663. The molecule has 21 heavy (non-hydrogen) atoms. The minimum atomic E-state index is 0.831. The highest BCUT2D eigenvalue weighted by molar-refractivity contribution is 9.10. The molecule has 2 heterocycles. The Kier molecular flexibility index (Phi) is 3.93. The van der Waals surface area contributed by atoms with Crippen LogP contribution in [0.1, 0.15) is 30.8 Å². The maximum atomic E-state index is 5.94. The molecule has 0 atom stereocenters.